The minimum absolute atomic E-state index is 0.159. The Morgan fingerprint density at radius 2 is 2.09 bits per heavy atom. The van der Waals surface area contributed by atoms with Crippen molar-refractivity contribution in [3.05, 3.63) is 0 Å². The summed E-state index contributed by atoms with van der Waals surface area (Å²) in [7, 11) is 0. The van der Waals surface area contributed by atoms with E-state index >= 15 is 0 Å². The molecule has 0 radical (unpaired) electrons. The first-order valence-corrected chi connectivity index (χ1v) is 5.65. The number of hydrogen-bond acceptors (Lipinski definition) is 1. The molecule has 1 aliphatic rings. The summed E-state index contributed by atoms with van der Waals surface area (Å²) in [6, 6.07) is 0. The Morgan fingerprint density at radius 3 is 2.64 bits per heavy atom. The number of rotatable bonds is 2. The quantitative estimate of drug-likeness (QED) is 0.593. The summed E-state index contributed by atoms with van der Waals surface area (Å²) in [4.78, 5) is 0. The third-order valence-electron chi connectivity index (χ3n) is 2.24. The molecule has 66 valence electrons. The summed E-state index contributed by atoms with van der Waals surface area (Å²) < 4.78 is 24.3. The van der Waals surface area contributed by atoms with E-state index in [1.807, 2.05) is 6.92 Å². The molecule has 1 rings (SSSR count). The van der Waals surface area contributed by atoms with Crippen LogP contribution in [0, 0.1) is 0 Å². The fourth-order valence-electron chi connectivity index (χ4n) is 1.56. The van der Waals surface area contributed by atoms with E-state index < -0.39 is 17.3 Å². The van der Waals surface area contributed by atoms with Gasteiger partial charge in [-0.2, -0.15) is 0 Å². The van der Waals surface area contributed by atoms with Gasteiger partial charge in [0.15, 0.2) is 0 Å². The third kappa shape index (κ3) is 2.34. The third-order valence-corrected chi connectivity index (χ3v) is 4.02. The second-order valence-electron chi connectivity index (χ2n) is 3.01. The predicted molar refractivity (Wildman–Crippen MR) is 45.8 cm³/mol. The highest BCUT2D eigenvalue weighted by Gasteiger charge is 2.32. The lowest BCUT2D eigenvalue weighted by molar-refractivity contribution is 0.253. The molecule has 3 heteroatoms. The van der Waals surface area contributed by atoms with Crippen molar-refractivity contribution in [1.29, 1.82) is 0 Å². The average Bonchev–Trinajstić information content (AvgIpc) is 2.04. The van der Waals surface area contributed by atoms with Crippen molar-refractivity contribution in [3.8, 4) is 0 Å². The Kier molecular flexibility index (Phi) is 3.66. The molecule has 0 heterocycles. The van der Waals surface area contributed by atoms with Crippen LogP contribution in [0.15, 0.2) is 0 Å². The Hall–Kier alpha value is 0.240. The zero-order valence-corrected chi connectivity index (χ0v) is 7.70. The van der Waals surface area contributed by atoms with Gasteiger partial charge in [-0.15, -0.1) is 0 Å². The molecule has 0 bridgehead atoms. The molecule has 0 aliphatic heterocycles. The van der Waals surface area contributed by atoms with Crippen molar-refractivity contribution >= 4 is 11.2 Å². The average molecular weight is 178 g/mol. The smallest absolute Gasteiger partial charge is 0.147 e. The van der Waals surface area contributed by atoms with E-state index in [0.29, 0.717) is 12.2 Å². The zero-order valence-electron chi connectivity index (χ0n) is 6.88. The van der Waals surface area contributed by atoms with Crippen LogP contribution in [0.2, 0.25) is 0 Å². The highest BCUT2D eigenvalue weighted by molar-refractivity contribution is 7.92. The molecule has 1 nitrogen and oxygen atoms in total. The van der Waals surface area contributed by atoms with Gasteiger partial charge < -0.3 is 4.55 Å². The summed E-state index contributed by atoms with van der Waals surface area (Å²) in [5, 5.41) is -0.159. The van der Waals surface area contributed by atoms with E-state index in [-0.39, 0.29) is 5.25 Å². The van der Waals surface area contributed by atoms with Crippen LogP contribution in [0.25, 0.3) is 0 Å². The second-order valence-corrected chi connectivity index (χ2v) is 4.95. The van der Waals surface area contributed by atoms with Crippen molar-refractivity contribution in [2.45, 2.75) is 44.0 Å². The monoisotopic (exact) mass is 178 g/mol. The van der Waals surface area contributed by atoms with Gasteiger partial charge in [0.2, 0.25) is 0 Å². The van der Waals surface area contributed by atoms with E-state index in [1.54, 1.807) is 0 Å². The normalized spacial score (nSPS) is 35.2. The fourth-order valence-corrected chi connectivity index (χ4v) is 2.88. The van der Waals surface area contributed by atoms with Crippen molar-refractivity contribution in [1.82, 2.24) is 0 Å². The van der Waals surface area contributed by atoms with Gasteiger partial charge in [-0.1, -0.05) is 6.42 Å². The maximum atomic E-state index is 13.1. The summed E-state index contributed by atoms with van der Waals surface area (Å²) >= 11 is -0.919. The first kappa shape index (κ1) is 9.33. The Bertz CT molecular complexity index is 117. The molecule has 1 aliphatic carbocycles. The maximum Gasteiger partial charge on any atom is 0.147 e. The van der Waals surface area contributed by atoms with E-state index in [4.69, 9.17) is 0 Å². The van der Waals surface area contributed by atoms with E-state index in [2.05, 4.69) is 0 Å². The van der Waals surface area contributed by atoms with Crippen LogP contribution in [-0.4, -0.2) is 21.7 Å². The Balaban J connectivity index is 2.40. The standard InChI is InChI=1S/C8H15FOS/c1-2-11(10)8-6-4-3-5-7(8)9/h7-8H,2-6H2,1H3. The van der Waals surface area contributed by atoms with Crippen LogP contribution in [0.1, 0.15) is 32.6 Å². The van der Waals surface area contributed by atoms with Crippen LogP contribution in [0.4, 0.5) is 4.39 Å². The SMILES string of the molecule is CC[S+]([O-])C1CCCCC1F. The minimum atomic E-state index is -0.919. The molecule has 1 fully saturated rings. The number of hydrogen-bond donors (Lipinski definition) is 0. The van der Waals surface area contributed by atoms with Gasteiger partial charge in [0, 0.05) is 0 Å². The molecular weight excluding hydrogens is 163 g/mol. The molecule has 1 saturated carbocycles. The van der Waals surface area contributed by atoms with Crippen LogP contribution >= 0.6 is 0 Å². The predicted octanol–water partition coefficient (Wildman–Crippen LogP) is 2.04. The van der Waals surface area contributed by atoms with Crippen molar-refractivity contribution < 1.29 is 8.94 Å². The van der Waals surface area contributed by atoms with Gasteiger partial charge in [0.1, 0.15) is 17.2 Å². The summed E-state index contributed by atoms with van der Waals surface area (Å²) in [5.74, 6) is 0.602. The molecule has 0 aromatic carbocycles. The summed E-state index contributed by atoms with van der Waals surface area (Å²) in [5.41, 5.74) is 0. The molecule has 0 saturated heterocycles. The molecule has 3 atom stereocenters. The van der Waals surface area contributed by atoms with Gasteiger partial charge in [-0.25, -0.2) is 4.39 Å². The molecule has 0 N–H and O–H groups in total. The Labute approximate surface area is 70.5 Å². The van der Waals surface area contributed by atoms with Gasteiger partial charge in [-0.05, 0) is 37.4 Å². The Morgan fingerprint density at radius 1 is 1.45 bits per heavy atom. The molecule has 0 aromatic rings. The van der Waals surface area contributed by atoms with E-state index in [9.17, 15) is 8.94 Å². The van der Waals surface area contributed by atoms with E-state index in [1.165, 1.54) is 0 Å². The highest BCUT2D eigenvalue weighted by Crippen LogP contribution is 2.26. The number of alkyl halides is 1. The lowest BCUT2D eigenvalue weighted by Crippen LogP contribution is -2.35. The van der Waals surface area contributed by atoms with Gasteiger partial charge >= 0.3 is 0 Å². The first-order chi connectivity index (χ1) is 5.25. The van der Waals surface area contributed by atoms with Crippen LogP contribution in [0.5, 0.6) is 0 Å². The zero-order chi connectivity index (χ0) is 8.27. The van der Waals surface area contributed by atoms with E-state index in [0.717, 1.165) is 19.3 Å². The minimum Gasteiger partial charge on any atom is -0.616 e. The van der Waals surface area contributed by atoms with Gasteiger partial charge in [-0.3, -0.25) is 0 Å². The van der Waals surface area contributed by atoms with Gasteiger partial charge in [0.25, 0.3) is 0 Å². The lowest BCUT2D eigenvalue weighted by atomic mass is 9.98. The molecule has 0 amide bonds. The van der Waals surface area contributed by atoms with Crippen LogP contribution in [-0.2, 0) is 11.2 Å². The van der Waals surface area contributed by atoms with Crippen molar-refractivity contribution in [2.24, 2.45) is 0 Å². The number of halogens is 1. The molecular formula is C8H15FOS. The largest absolute Gasteiger partial charge is 0.616 e. The maximum absolute atomic E-state index is 13.1. The summed E-state index contributed by atoms with van der Waals surface area (Å²) in [6.45, 7) is 1.86. The highest BCUT2D eigenvalue weighted by atomic mass is 32.2. The van der Waals surface area contributed by atoms with Crippen LogP contribution in [0.3, 0.4) is 0 Å². The molecule has 3 unspecified atom stereocenters. The summed E-state index contributed by atoms with van der Waals surface area (Å²) in [6.07, 6.45) is 2.66. The first-order valence-electron chi connectivity index (χ1n) is 4.27. The van der Waals surface area contributed by atoms with Gasteiger partial charge in [0.05, 0.1) is 0 Å². The molecule has 0 spiro atoms. The van der Waals surface area contributed by atoms with Crippen molar-refractivity contribution in [3.63, 3.8) is 0 Å². The van der Waals surface area contributed by atoms with Crippen LogP contribution < -0.4 is 0 Å². The lowest BCUT2D eigenvalue weighted by Gasteiger charge is -2.27. The molecule has 11 heavy (non-hydrogen) atoms. The molecule has 0 aromatic heterocycles. The fraction of sp³-hybridized carbons (Fsp3) is 1.00. The second kappa shape index (κ2) is 4.31. The van der Waals surface area contributed by atoms with Crippen molar-refractivity contribution in [2.75, 3.05) is 5.75 Å². The topological polar surface area (TPSA) is 23.1 Å².